The summed E-state index contributed by atoms with van der Waals surface area (Å²) < 4.78 is 5.77. The molecule has 0 aliphatic heterocycles. The Hall–Kier alpha value is -2.60. The largest absolute Gasteiger partial charge is 0.465 e. The molecular formula is C24H33N5O. The number of benzene rings is 1. The smallest absolute Gasteiger partial charge is 0.225 e. The Morgan fingerprint density at radius 1 is 1.00 bits per heavy atom. The molecule has 160 valence electrons. The number of hydrogen-bond acceptors (Lipinski definition) is 6. The van der Waals surface area contributed by atoms with E-state index in [0.29, 0.717) is 6.04 Å². The molecule has 0 spiro atoms. The van der Waals surface area contributed by atoms with Crippen molar-refractivity contribution in [3.05, 3.63) is 47.9 Å². The third kappa shape index (κ3) is 4.93. The van der Waals surface area contributed by atoms with Crippen LogP contribution >= 0.6 is 0 Å². The van der Waals surface area contributed by atoms with Crippen LogP contribution in [0.15, 0.2) is 40.8 Å². The number of aryl methyl sites for hydroxylation is 1. The van der Waals surface area contributed by atoms with Crippen LogP contribution in [0.1, 0.15) is 44.1 Å². The van der Waals surface area contributed by atoms with Gasteiger partial charge in [0.05, 0.1) is 12.1 Å². The lowest BCUT2D eigenvalue weighted by Crippen LogP contribution is -2.31. The minimum Gasteiger partial charge on any atom is -0.465 e. The summed E-state index contributed by atoms with van der Waals surface area (Å²) in [4.78, 5) is 11.6. The van der Waals surface area contributed by atoms with Gasteiger partial charge in [-0.05, 0) is 62.4 Å². The molecule has 0 unspecified atom stereocenters. The van der Waals surface area contributed by atoms with Crippen LogP contribution < -0.4 is 15.5 Å². The third-order valence-corrected chi connectivity index (χ3v) is 5.98. The summed E-state index contributed by atoms with van der Waals surface area (Å²) in [5, 5.41) is 8.25. The second-order valence-corrected chi connectivity index (χ2v) is 8.50. The van der Waals surface area contributed by atoms with Crippen LogP contribution in [0.5, 0.6) is 0 Å². The maximum absolute atomic E-state index is 5.77. The monoisotopic (exact) mass is 407 g/mol. The fraction of sp³-hybridized carbons (Fsp3) is 0.500. The Bertz CT molecular complexity index is 959. The highest BCUT2D eigenvalue weighted by Crippen LogP contribution is 2.28. The van der Waals surface area contributed by atoms with Crippen molar-refractivity contribution in [2.75, 3.05) is 30.9 Å². The van der Waals surface area contributed by atoms with Crippen LogP contribution in [0.4, 0.5) is 11.8 Å². The highest BCUT2D eigenvalue weighted by Gasteiger charge is 2.22. The number of anilines is 2. The molecule has 0 radical (unpaired) electrons. The summed E-state index contributed by atoms with van der Waals surface area (Å²) in [5.41, 5.74) is 0.987. The number of aromatic nitrogens is 2. The van der Waals surface area contributed by atoms with Gasteiger partial charge in [-0.3, -0.25) is 0 Å². The van der Waals surface area contributed by atoms with E-state index in [9.17, 15) is 0 Å². The van der Waals surface area contributed by atoms with E-state index in [1.165, 1.54) is 12.8 Å². The van der Waals surface area contributed by atoms with Crippen LogP contribution in [-0.4, -0.2) is 36.6 Å². The molecule has 0 saturated heterocycles. The van der Waals surface area contributed by atoms with Gasteiger partial charge in [0, 0.05) is 31.9 Å². The number of nitrogens with zero attached hydrogens (tertiary/aromatic N) is 3. The number of rotatable bonds is 8. The minimum atomic E-state index is 0.439. The van der Waals surface area contributed by atoms with Crippen molar-refractivity contribution >= 4 is 22.7 Å². The van der Waals surface area contributed by atoms with Gasteiger partial charge >= 0.3 is 0 Å². The van der Waals surface area contributed by atoms with E-state index in [1.807, 2.05) is 26.2 Å². The summed E-state index contributed by atoms with van der Waals surface area (Å²) in [5.74, 6) is 4.52. The van der Waals surface area contributed by atoms with Crippen molar-refractivity contribution in [2.45, 2.75) is 51.6 Å². The lowest BCUT2D eigenvalue weighted by Gasteiger charge is -2.29. The summed E-state index contributed by atoms with van der Waals surface area (Å²) in [6.45, 7) is 3.98. The maximum atomic E-state index is 5.77. The van der Waals surface area contributed by atoms with Gasteiger partial charge < -0.3 is 20.0 Å². The highest BCUT2D eigenvalue weighted by molar-refractivity contribution is 5.90. The van der Waals surface area contributed by atoms with Crippen molar-refractivity contribution in [1.29, 1.82) is 0 Å². The Morgan fingerprint density at radius 3 is 2.50 bits per heavy atom. The molecule has 2 heterocycles. The quantitative estimate of drug-likeness (QED) is 0.568. The van der Waals surface area contributed by atoms with Crippen LogP contribution in [0, 0.1) is 5.92 Å². The molecule has 0 atom stereocenters. The molecule has 1 aliphatic rings. The number of para-hydroxylation sites is 1. The predicted molar refractivity (Wildman–Crippen MR) is 123 cm³/mol. The lowest BCUT2D eigenvalue weighted by molar-refractivity contribution is 0.319. The average Bonchev–Trinajstić information content (AvgIpc) is 3.22. The zero-order valence-electron chi connectivity index (χ0n) is 18.3. The van der Waals surface area contributed by atoms with Crippen LogP contribution in [0.3, 0.4) is 0 Å². The number of furan rings is 1. The van der Waals surface area contributed by atoms with Gasteiger partial charge in [0.15, 0.2) is 0 Å². The third-order valence-electron chi connectivity index (χ3n) is 5.98. The molecule has 30 heavy (non-hydrogen) atoms. The standard InChI is InChI=1S/C24H33N5O/c1-4-19-13-14-20(30-19)16-25-15-17-9-11-18(12-10-17)26-24-27-22-8-6-5-7-21(22)23(28-24)29(2)3/h5-8,13-14,17-18,25H,4,9-12,15-16H2,1-3H3,(H,26,27,28)/t17-,18+. The van der Waals surface area contributed by atoms with E-state index < -0.39 is 0 Å². The van der Waals surface area contributed by atoms with Crippen molar-refractivity contribution in [3.63, 3.8) is 0 Å². The molecule has 6 nitrogen and oxygen atoms in total. The molecule has 4 rings (SSSR count). The first-order valence-electron chi connectivity index (χ1n) is 11.1. The Balaban J connectivity index is 1.28. The molecule has 2 N–H and O–H groups in total. The van der Waals surface area contributed by atoms with Crippen molar-refractivity contribution in [3.8, 4) is 0 Å². The number of fused-ring (bicyclic) bond motifs is 1. The van der Waals surface area contributed by atoms with Gasteiger partial charge in [0.2, 0.25) is 5.95 Å². The van der Waals surface area contributed by atoms with Crippen molar-refractivity contribution in [2.24, 2.45) is 5.92 Å². The average molecular weight is 408 g/mol. The van der Waals surface area contributed by atoms with Crippen LogP contribution in [0.25, 0.3) is 10.9 Å². The summed E-state index contributed by atoms with van der Waals surface area (Å²) in [6.07, 6.45) is 5.70. The Labute approximate surface area is 179 Å². The van der Waals surface area contributed by atoms with E-state index in [0.717, 1.165) is 72.5 Å². The molecule has 1 saturated carbocycles. The number of hydrogen-bond donors (Lipinski definition) is 2. The molecule has 0 amide bonds. The second-order valence-electron chi connectivity index (χ2n) is 8.50. The molecule has 1 aliphatic carbocycles. The van der Waals surface area contributed by atoms with Crippen molar-refractivity contribution < 1.29 is 4.42 Å². The first kappa shape index (κ1) is 20.7. The molecule has 3 aromatic rings. The first-order chi connectivity index (χ1) is 14.6. The lowest BCUT2D eigenvalue weighted by atomic mass is 9.86. The van der Waals surface area contributed by atoms with Gasteiger partial charge in [-0.25, -0.2) is 4.98 Å². The molecular weight excluding hydrogens is 374 g/mol. The molecule has 0 bridgehead atoms. The van der Waals surface area contributed by atoms with Gasteiger partial charge in [0.25, 0.3) is 0 Å². The normalized spacial score (nSPS) is 19.2. The predicted octanol–water partition coefficient (Wildman–Crippen LogP) is 4.61. The topological polar surface area (TPSA) is 66.2 Å². The summed E-state index contributed by atoms with van der Waals surface area (Å²) in [6, 6.07) is 12.8. The van der Waals surface area contributed by atoms with Crippen LogP contribution in [-0.2, 0) is 13.0 Å². The van der Waals surface area contributed by atoms with Crippen molar-refractivity contribution in [1.82, 2.24) is 15.3 Å². The summed E-state index contributed by atoms with van der Waals surface area (Å²) in [7, 11) is 4.06. The van der Waals surface area contributed by atoms with E-state index in [1.54, 1.807) is 0 Å². The van der Waals surface area contributed by atoms with Gasteiger partial charge in [-0.2, -0.15) is 4.98 Å². The van der Waals surface area contributed by atoms with Crippen LogP contribution in [0.2, 0.25) is 0 Å². The SMILES string of the molecule is CCc1ccc(CNC[C@H]2CC[C@@H](Nc3nc(N(C)C)c4ccccc4n3)CC2)o1. The molecule has 1 fully saturated rings. The molecule has 1 aromatic carbocycles. The van der Waals surface area contributed by atoms with E-state index in [4.69, 9.17) is 14.4 Å². The Morgan fingerprint density at radius 2 is 1.77 bits per heavy atom. The van der Waals surface area contributed by atoms with E-state index in [2.05, 4.69) is 46.7 Å². The fourth-order valence-corrected chi connectivity index (χ4v) is 4.27. The maximum Gasteiger partial charge on any atom is 0.225 e. The Kier molecular flexibility index (Phi) is 6.53. The highest BCUT2D eigenvalue weighted by atomic mass is 16.3. The zero-order valence-corrected chi connectivity index (χ0v) is 18.3. The van der Waals surface area contributed by atoms with Gasteiger partial charge in [-0.15, -0.1) is 0 Å². The zero-order chi connectivity index (χ0) is 20.9. The first-order valence-corrected chi connectivity index (χ1v) is 11.1. The van der Waals surface area contributed by atoms with Gasteiger partial charge in [0.1, 0.15) is 17.3 Å². The molecule has 2 aromatic heterocycles. The second kappa shape index (κ2) is 9.47. The minimum absolute atomic E-state index is 0.439. The van der Waals surface area contributed by atoms with E-state index in [-0.39, 0.29) is 0 Å². The van der Waals surface area contributed by atoms with Gasteiger partial charge in [-0.1, -0.05) is 19.1 Å². The fourth-order valence-electron chi connectivity index (χ4n) is 4.27. The van der Waals surface area contributed by atoms with E-state index >= 15 is 0 Å². The summed E-state index contributed by atoms with van der Waals surface area (Å²) >= 11 is 0. The number of nitrogens with one attached hydrogen (secondary N) is 2. The molecule has 6 heteroatoms.